The summed E-state index contributed by atoms with van der Waals surface area (Å²) < 4.78 is 0. The van der Waals surface area contributed by atoms with Gasteiger partial charge in [0.2, 0.25) is 5.91 Å². The van der Waals surface area contributed by atoms with E-state index in [2.05, 4.69) is 34.7 Å². The zero-order valence-corrected chi connectivity index (χ0v) is 12.7. The Morgan fingerprint density at radius 3 is 2.95 bits per heavy atom. The topological polar surface area (TPSA) is 32.3 Å². The highest BCUT2D eigenvalue weighted by Crippen LogP contribution is 2.23. The number of amides is 1. The van der Waals surface area contributed by atoms with Gasteiger partial charge in [-0.3, -0.25) is 9.69 Å². The van der Waals surface area contributed by atoms with Gasteiger partial charge >= 0.3 is 0 Å². The lowest BCUT2D eigenvalue weighted by Crippen LogP contribution is -2.44. The molecule has 0 aliphatic heterocycles. The smallest absolute Gasteiger partial charge is 0.234 e. The van der Waals surface area contributed by atoms with Gasteiger partial charge in [-0.25, -0.2) is 0 Å². The molecule has 1 aromatic heterocycles. The molecule has 19 heavy (non-hydrogen) atoms. The van der Waals surface area contributed by atoms with Crippen LogP contribution in [0.1, 0.15) is 37.5 Å². The molecule has 1 aromatic rings. The molecular weight excluding hydrogens is 256 g/mol. The summed E-state index contributed by atoms with van der Waals surface area (Å²) >= 11 is 1.74. The second kappa shape index (κ2) is 7.06. The van der Waals surface area contributed by atoms with E-state index in [0.717, 1.165) is 13.0 Å². The maximum atomic E-state index is 12.0. The zero-order chi connectivity index (χ0) is 13.7. The first-order chi connectivity index (χ1) is 9.15. The zero-order valence-electron chi connectivity index (χ0n) is 11.9. The van der Waals surface area contributed by atoms with Crippen molar-refractivity contribution in [1.29, 1.82) is 0 Å². The van der Waals surface area contributed by atoms with Crippen molar-refractivity contribution < 1.29 is 4.79 Å². The average Bonchev–Trinajstić information content (AvgIpc) is 2.84. The van der Waals surface area contributed by atoms with E-state index in [-0.39, 0.29) is 5.91 Å². The van der Waals surface area contributed by atoms with Crippen molar-refractivity contribution in [3.05, 3.63) is 22.4 Å². The molecule has 1 saturated carbocycles. The number of thiophene rings is 1. The Morgan fingerprint density at radius 1 is 1.47 bits per heavy atom. The first-order valence-electron chi connectivity index (χ1n) is 7.15. The fourth-order valence-electron chi connectivity index (χ4n) is 2.75. The third-order valence-electron chi connectivity index (χ3n) is 3.88. The number of carbonyl (C=O) groups excluding carboxylic acids is 1. The van der Waals surface area contributed by atoms with Crippen LogP contribution in [0.25, 0.3) is 0 Å². The average molecular weight is 280 g/mol. The predicted molar refractivity (Wildman–Crippen MR) is 80.2 cm³/mol. The van der Waals surface area contributed by atoms with E-state index in [1.54, 1.807) is 11.3 Å². The van der Waals surface area contributed by atoms with Crippen molar-refractivity contribution in [2.45, 2.75) is 45.2 Å². The maximum absolute atomic E-state index is 12.0. The third-order valence-corrected chi connectivity index (χ3v) is 4.74. The van der Waals surface area contributed by atoms with E-state index in [4.69, 9.17) is 0 Å². The van der Waals surface area contributed by atoms with Crippen LogP contribution in [-0.4, -0.2) is 30.4 Å². The Morgan fingerprint density at radius 2 is 2.26 bits per heavy atom. The summed E-state index contributed by atoms with van der Waals surface area (Å²) in [7, 11) is 2.00. The van der Waals surface area contributed by atoms with Gasteiger partial charge in [0, 0.05) is 17.5 Å². The summed E-state index contributed by atoms with van der Waals surface area (Å²) in [5.74, 6) is 0.790. The van der Waals surface area contributed by atoms with Gasteiger partial charge < -0.3 is 5.32 Å². The molecule has 0 bridgehead atoms. The first kappa shape index (κ1) is 14.5. The van der Waals surface area contributed by atoms with E-state index < -0.39 is 0 Å². The van der Waals surface area contributed by atoms with Gasteiger partial charge in [0.25, 0.3) is 0 Å². The first-order valence-corrected chi connectivity index (χ1v) is 8.03. The van der Waals surface area contributed by atoms with Gasteiger partial charge in [0.15, 0.2) is 0 Å². The largest absolute Gasteiger partial charge is 0.352 e. The van der Waals surface area contributed by atoms with E-state index in [0.29, 0.717) is 18.5 Å². The normalized spacial score (nSPS) is 23.5. The fourth-order valence-corrected chi connectivity index (χ4v) is 3.54. The highest BCUT2D eigenvalue weighted by molar-refractivity contribution is 7.09. The van der Waals surface area contributed by atoms with Gasteiger partial charge in [-0.05, 0) is 37.3 Å². The fraction of sp³-hybridized carbons (Fsp3) is 0.667. The minimum atomic E-state index is 0.165. The highest BCUT2D eigenvalue weighted by atomic mass is 32.1. The SMILES string of the molecule is C[C@H]1CCCC[C@@H]1NC(=O)CN(C)Cc1cccs1. The van der Waals surface area contributed by atoms with Crippen LogP contribution >= 0.6 is 11.3 Å². The van der Waals surface area contributed by atoms with Gasteiger partial charge in [-0.2, -0.15) is 0 Å². The van der Waals surface area contributed by atoms with Crippen LogP contribution in [0.2, 0.25) is 0 Å². The van der Waals surface area contributed by atoms with E-state index >= 15 is 0 Å². The predicted octanol–water partition coefficient (Wildman–Crippen LogP) is 2.87. The van der Waals surface area contributed by atoms with E-state index in [1.165, 1.54) is 24.1 Å². The quantitative estimate of drug-likeness (QED) is 0.899. The molecule has 1 aliphatic carbocycles. The number of nitrogens with zero attached hydrogens (tertiary/aromatic N) is 1. The second-order valence-electron chi connectivity index (χ2n) is 5.69. The van der Waals surface area contributed by atoms with Crippen molar-refractivity contribution in [1.82, 2.24) is 10.2 Å². The molecule has 2 rings (SSSR count). The van der Waals surface area contributed by atoms with E-state index in [1.807, 2.05) is 7.05 Å². The molecule has 0 saturated heterocycles. The van der Waals surface area contributed by atoms with Gasteiger partial charge in [0.05, 0.1) is 6.54 Å². The third kappa shape index (κ3) is 4.62. The van der Waals surface area contributed by atoms with Crippen molar-refractivity contribution >= 4 is 17.2 Å². The molecule has 0 spiro atoms. The molecule has 2 atom stereocenters. The van der Waals surface area contributed by atoms with E-state index in [9.17, 15) is 4.79 Å². The van der Waals surface area contributed by atoms with Crippen LogP contribution in [0.4, 0.5) is 0 Å². The monoisotopic (exact) mass is 280 g/mol. The van der Waals surface area contributed by atoms with Crippen LogP contribution in [0, 0.1) is 5.92 Å². The number of hydrogen-bond donors (Lipinski definition) is 1. The van der Waals surface area contributed by atoms with Gasteiger partial charge in [-0.15, -0.1) is 11.3 Å². The number of hydrogen-bond acceptors (Lipinski definition) is 3. The van der Waals surface area contributed by atoms with Crippen LogP contribution in [0.15, 0.2) is 17.5 Å². The summed E-state index contributed by atoms with van der Waals surface area (Å²) in [6.07, 6.45) is 4.95. The molecule has 106 valence electrons. The summed E-state index contributed by atoms with van der Waals surface area (Å²) in [4.78, 5) is 15.4. The number of nitrogens with one attached hydrogen (secondary N) is 1. The van der Waals surface area contributed by atoms with Crippen molar-refractivity contribution in [3.63, 3.8) is 0 Å². The van der Waals surface area contributed by atoms with Crippen molar-refractivity contribution in [2.24, 2.45) is 5.92 Å². The second-order valence-corrected chi connectivity index (χ2v) is 6.72. The summed E-state index contributed by atoms with van der Waals surface area (Å²) in [5.41, 5.74) is 0. The Hall–Kier alpha value is -0.870. The molecule has 0 unspecified atom stereocenters. The van der Waals surface area contributed by atoms with Crippen LogP contribution in [0.3, 0.4) is 0 Å². The Kier molecular flexibility index (Phi) is 5.40. The van der Waals surface area contributed by atoms with Crippen molar-refractivity contribution in [2.75, 3.05) is 13.6 Å². The molecule has 0 aromatic carbocycles. The Bertz CT molecular complexity index is 391. The molecule has 1 heterocycles. The maximum Gasteiger partial charge on any atom is 0.234 e. The van der Waals surface area contributed by atoms with Crippen LogP contribution in [-0.2, 0) is 11.3 Å². The number of likely N-dealkylation sites (N-methyl/N-ethyl adjacent to an activating group) is 1. The lowest BCUT2D eigenvalue weighted by molar-refractivity contribution is -0.123. The van der Waals surface area contributed by atoms with Crippen LogP contribution in [0.5, 0.6) is 0 Å². The lowest BCUT2D eigenvalue weighted by atomic mass is 9.86. The molecule has 1 aliphatic rings. The standard InChI is InChI=1S/C15H24N2OS/c1-12-6-3-4-8-14(12)16-15(18)11-17(2)10-13-7-5-9-19-13/h5,7,9,12,14H,3-4,6,8,10-11H2,1-2H3,(H,16,18)/t12-,14-/m0/s1. The molecule has 3 nitrogen and oxygen atoms in total. The van der Waals surface area contributed by atoms with Crippen molar-refractivity contribution in [3.8, 4) is 0 Å². The number of carbonyl (C=O) groups is 1. The Labute approximate surface area is 120 Å². The molecule has 4 heteroatoms. The van der Waals surface area contributed by atoms with Gasteiger partial charge in [-0.1, -0.05) is 25.8 Å². The molecule has 0 radical (unpaired) electrons. The molecule has 1 fully saturated rings. The van der Waals surface area contributed by atoms with Gasteiger partial charge in [0.1, 0.15) is 0 Å². The Balaban J connectivity index is 1.74. The minimum absolute atomic E-state index is 0.165. The summed E-state index contributed by atoms with van der Waals surface area (Å²) in [5, 5.41) is 5.28. The molecule has 1 amide bonds. The molecule has 1 N–H and O–H groups in total. The lowest BCUT2D eigenvalue weighted by Gasteiger charge is -2.30. The summed E-state index contributed by atoms with van der Waals surface area (Å²) in [6, 6.07) is 4.55. The summed E-state index contributed by atoms with van der Waals surface area (Å²) in [6.45, 7) is 3.59. The molecular formula is C15H24N2OS. The van der Waals surface area contributed by atoms with Crippen LogP contribution < -0.4 is 5.32 Å². The number of rotatable bonds is 5. The highest BCUT2D eigenvalue weighted by Gasteiger charge is 2.22. The minimum Gasteiger partial charge on any atom is -0.352 e.